The van der Waals surface area contributed by atoms with Crippen molar-refractivity contribution in [1.29, 1.82) is 0 Å². The molecule has 2 aliphatic carbocycles. The SMILES string of the molecule is Cc1ncc2c(c1-c1noc(C3(C)CC3)n1)CCN(C(=O)NC1CCCC1)C2. The van der Waals surface area contributed by atoms with Gasteiger partial charge < -0.3 is 14.7 Å². The molecule has 0 radical (unpaired) electrons. The van der Waals surface area contributed by atoms with Crippen molar-refractivity contribution in [2.75, 3.05) is 6.54 Å². The Balaban J connectivity index is 1.39. The summed E-state index contributed by atoms with van der Waals surface area (Å²) in [5, 5.41) is 7.46. The molecule has 0 atom stereocenters. The zero-order valence-electron chi connectivity index (χ0n) is 16.6. The number of carbonyl (C=O) groups is 1. The van der Waals surface area contributed by atoms with Gasteiger partial charge in [-0.15, -0.1) is 0 Å². The molecule has 5 rings (SSSR count). The van der Waals surface area contributed by atoms with Gasteiger partial charge in [0.05, 0.1) is 0 Å². The molecule has 0 spiro atoms. The fourth-order valence-electron chi connectivity index (χ4n) is 4.43. The molecule has 7 heteroatoms. The first-order valence-corrected chi connectivity index (χ1v) is 10.4. The van der Waals surface area contributed by atoms with Crippen molar-refractivity contribution in [3.63, 3.8) is 0 Å². The summed E-state index contributed by atoms with van der Waals surface area (Å²) in [6.45, 7) is 5.43. The third kappa shape index (κ3) is 3.06. The Morgan fingerprint density at radius 1 is 1.32 bits per heavy atom. The van der Waals surface area contributed by atoms with E-state index >= 15 is 0 Å². The van der Waals surface area contributed by atoms with Crippen molar-refractivity contribution < 1.29 is 9.32 Å². The lowest BCUT2D eigenvalue weighted by atomic mass is 9.94. The second-order valence-corrected chi connectivity index (χ2v) is 8.81. The first-order chi connectivity index (χ1) is 13.5. The predicted octanol–water partition coefficient (Wildman–Crippen LogP) is 3.50. The van der Waals surface area contributed by atoms with Crippen LogP contribution in [0.3, 0.4) is 0 Å². The number of hydrogen-bond acceptors (Lipinski definition) is 5. The highest BCUT2D eigenvalue weighted by Crippen LogP contribution is 2.47. The predicted molar refractivity (Wildman–Crippen MR) is 104 cm³/mol. The number of fused-ring (bicyclic) bond motifs is 1. The van der Waals surface area contributed by atoms with Crippen molar-refractivity contribution in [2.24, 2.45) is 0 Å². The van der Waals surface area contributed by atoms with Gasteiger partial charge in [-0.05, 0) is 50.2 Å². The molecule has 2 fully saturated rings. The highest BCUT2D eigenvalue weighted by atomic mass is 16.5. The number of urea groups is 1. The molecule has 1 aliphatic heterocycles. The van der Waals surface area contributed by atoms with E-state index in [4.69, 9.17) is 9.51 Å². The van der Waals surface area contributed by atoms with Gasteiger partial charge >= 0.3 is 6.03 Å². The maximum Gasteiger partial charge on any atom is 0.317 e. The van der Waals surface area contributed by atoms with Crippen LogP contribution in [0.25, 0.3) is 11.4 Å². The molecule has 2 aromatic heterocycles. The molecule has 0 aromatic carbocycles. The minimum Gasteiger partial charge on any atom is -0.338 e. The van der Waals surface area contributed by atoms with Crippen LogP contribution in [0, 0.1) is 6.92 Å². The molecule has 28 heavy (non-hydrogen) atoms. The molecule has 2 aromatic rings. The number of amides is 2. The quantitative estimate of drug-likeness (QED) is 0.880. The molecule has 3 heterocycles. The van der Waals surface area contributed by atoms with E-state index in [9.17, 15) is 4.79 Å². The molecule has 1 N–H and O–H groups in total. The van der Waals surface area contributed by atoms with Gasteiger partial charge in [0.1, 0.15) is 0 Å². The second kappa shape index (κ2) is 6.57. The lowest BCUT2D eigenvalue weighted by molar-refractivity contribution is 0.188. The highest BCUT2D eigenvalue weighted by Gasteiger charge is 2.44. The molecular formula is C21H27N5O2. The fraction of sp³-hybridized carbons (Fsp3) is 0.619. The zero-order chi connectivity index (χ0) is 19.3. The third-order valence-corrected chi connectivity index (χ3v) is 6.59. The van der Waals surface area contributed by atoms with Gasteiger partial charge in [-0.3, -0.25) is 4.98 Å². The van der Waals surface area contributed by atoms with Gasteiger partial charge in [0.2, 0.25) is 11.7 Å². The molecule has 3 aliphatic rings. The third-order valence-electron chi connectivity index (χ3n) is 6.59. The van der Waals surface area contributed by atoms with Crippen LogP contribution in [-0.2, 0) is 18.4 Å². The fourth-order valence-corrected chi connectivity index (χ4v) is 4.43. The Morgan fingerprint density at radius 2 is 2.11 bits per heavy atom. The molecule has 0 unspecified atom stereocenters. The number of rotatable bonds is 3. The number of nitrogens with one attached hydrogen (secondary N) is 1. The largest absolute Gasteiger partial charge is 0.338 e. The van der Waals surface area contributed by atoms with E-state index in [-0.39, 0.29) is 11.4 Å². The van der Waals surface area contributed by atoms with Crippen LogP contribution < -0.4 is 5.32 Å². The number of carbonyl (C=O) groups excluding carboxylic acids is 1. The van der Waals surface area contributed by atoms with Gasteiger partial charge in [0.25, 0.3) is 0 Å². The van der Waals surface area contributed by atoms with Gasteiger partial charge in [-0.25, -0.2) is 4.79 Å². The summed E-state index contributed by atoms with van der Waals surface area (Å²) in [4.78, 5) is 23.8. The normalized spacial score (nSPS) is 20.9. The Hall–Kier alpha value is -2.44. The van der Waals surface area contributed by atoms with E-state index in [1.807, 2.05) is 18.0 Å². The van der Waals surface area contributed by atoms with Crippen LogP contribution >= 0.6 is 0 Å². The number of pyridine rings is 1. The summed E-state index contributed by atoms with van der Waals surface area (Å²) in [5.74, 6) is 1.36. The van der Waals surface area contributed by atoms with E-state index in [0.29, 0.717) is 25.0 Å². The number of aryl methyl sites for hydroxylation is 1. The van der Waals surface area contributed by atoms with Crippen molar-refractivity contribution in [2.45, 2.75) is 76.8 Å². The van der Waals surface area contributed by atoms with Gasteiger partial charge in [0.15, 0.2) is 0 Å². The minimum atomic E-state index is 0.0446. The Labute approximate surface area is 164 Å². The van der Waals surface area contributed by atoms with E-state index in [0.717, 1.165) is 54.8 Å². The first kappa shape index (κ1) is 17.6. The average molecular weight is 381 g/mol. The Bertz CT molecular complexity index is 912. The number of nitrogens with zero attached hydrogens (tertiary/aromatic N) is 4. The smallest absolute Gasteiger partial charge is 0.317 e. The van der Waals surface area contributed by atoms with E-state index in [2.05, 4.69) is 22.4 Å². The van der Waals surface area contributed by atoms with E-state index in [1.54, 1.807) is 0 Å². The van der Waals surface area contributed by atoms with Crippen molar-refractivity contribution >= 4 is 6.03 Å². The molecule has 0 saturated heterocycles. The van der Waals surface area contributed by atoms with Crippen LogP contribution in [0.2, 0.25) is 0 Å². The maximum atomic E-state index is 12.7. The highest BCUT2D eigenvalue weighted by molar-refractivity contribution is 5.75. The lowest BCUT2D eigenvalue weighted by Gasteiger charge is -2.31. The summed E-state index contributed by atoms with van der Waals surface area (Å²) in [6.07, 6.45) is 9.51. The summed E-state index contributed by atoms with van der Waals surface area (Å²) in [5.41, 5.74) is 4.22. The van der Waals surface area contributed by atoms with E-state index in [1.165, 1.54) is 18.4 Å². The number of hydrogen-bond donors (Lipinski definition) is 1. The molecule has 2 saturated carbocycles. The lowest BCUT2D eigenvalue weighted by Crippen LogP contribution is -2.46. The van der Waals surface area contributed by atoms with Crippen molar-refractivity contribution in [3.8, 4) is 11.4 Å². The van der Waals surface area contributed by atoms with Crippen LogP contribution in [0.1, 0.15) is 68.2 Å². The van der Waals surface area contributed by atoms with Crippen molar-refractivity contribution in [3.05, 3.63) is 28.9 Å². The second-order valence-electron chi connectivity index (χ2n) is 8.81. The van der Waals surface area contributed by atoms with Crippen LogP contribution in [-0.4, -0.2) is 38.6 Å². The summed E-state index contributed by atoms with van der Waals surface area (Å²) in [7, 11) is 0. The van der Waals surface area contributed by atoms with Crippen LogP contribution in [0.15, 0.2) is 10.7 Å². The Kier molecular flexibility index (Phi) is 4.14. The zero-order valence-corrected chi connectivity index (χ0v) is 16.6. The van der Waals surface area contributed by atoms with Crippen LogP contribution in [0.5, 0.6) is 0 Å². The molecular weight excluding hydrogens is 354 g/mol. The van der Waals surface area contributed by atoms with Gasteiger partial charge in [0, 0.05) is 42.0 Å². The summed E-state index contributed by atoms with van der Waals surface area (Å²) in [6, 6.07) is 0.380. The number of aromatic nitrogens is 3. The standard InChI is InChI=1S/C21H27N5O2/c1-13-17(18-24-19(28-25-18)21(2)8-9-21)16-7-10-26(12-14(16)11-22-13)20(27)23-15-5-3-4-6-15/h11,15H,3-10,12H2,1-2H3,(H,23,27). The Morgan fingerprint density at radius 3 is 2.86 bits per heavy atom. The topological polar surface area (TPSA) is 84.2 Å². The molecule has 148 valence electrons. The maximum absolute atomic E-state index is 12.7. The average Bonchev–Trinajstić information content (AvgIpc) is 3.10. The van der Waals surface area contributed by atoms with E-state index < -0.39 is 0 Å². The van der Waals surface area contributed by atoms with Crippen molar-refractivity contribution in [1.82, 2.24) is 25.3 Å². The molecule has 7 nitrogen and oxygen atoms in total. The summed E-state index contributed by atoms with van der Waals surface area (Å²) < 4.78 is 5.56. The van der Waals surface area contributed by atoms with Gasteiger partial charge in [-0.2, -0.15) is 4.98 Å². The molecule has 0 bridgehead atoms. The summed E-state index contributed by atoms with van der Waals surface area (Å²) >= 11 is 0. The molecule has 2 amide bonds. The van der Waals surface area contributed by atoms with Crippen LogP contribution in [0.4, 0.5) is 4.79 Å². The van der Waals surface area contributed by atoms with Gasteiger partial charge in [-0.1, -0.05) is 24.9 Å². The monoisotopic (exact) mass is 381 g/mol. The first-order valence-electron chi connectivity index (χ1n) is 10.4. The minimum absolute atomic E-state index is 0.0446.